The number of unbranched alkanes of at least 4 members (excludes halogenated alkanes) is 1. The minimum absolute atomic E-state index is 0.122. The van der Waals surface area contributed by atoms with E-state index in [1.54, 1.807) is 0 Å². The average Bonchev–Trinajstić information content (AvgIpc) is 2.45. The largest absolute Gasteiger partial charge is 0.481 e. The van der Waals surface area contributed by atoms with Gasteiger partial charge >= 0.3 is 12.0 Å². The van der Waals surface area contributed by atoms with Crippen LogP contribution in [-0.4, -0.2) is 29.7 Å². The van der Waals surface area contributed by atoms with Gasteiger partial charge < -0.3 is 15.7 Å². The SMILES string of the molecule is O=C(O)CCCCC1CNC(=O)N1. The molecule has 1 saturated heterocycles. The number of carbonyl (C=O) groups is 2. The number of amides is 2. The topological polar surface area (TPSA) is 78.4 Å². The molecule has 5 nitrogen and oxygen atoms in total. The van der Waals surface area contributed by atoms with Crippen LogP contribution in [0.5, 0.6) is 0 Å². The smallest absolute Gasteiger partial charge is 0.315 e. The predicted molar refractivity (Wildman–Crippen MR) is 46.4 cm³/mol. The molecule has 0 aromatic carbocycles. The second-order valence-electron chi connectivity index (χ2n) is 3.19. The minimum Gasteiger partial charge on any atom is -0.481 e. The summed E-state index contributed by atoms with van der Waals surface area (Å²) in [5, 5.41) is 13.8. The third-order valence-electron chi connectivity index (χ3n) is 2.04. The van der Waals surface area contributed by atoms with Gasteiger partial charge in [-0.05, 0) is 12.8 Å². The zero-order chi connectivity index (χ0) is 9.68. The van der Waals surface area contributed by atoms with Gasteiger partial charge in [-0.2, -0.15) is 0 Å². The lowest BCUT2D eigenvalue weighted by Crippen LogP contribution is -2.26. The lowest BCUT2D eigenvalue weighted by Gasteiger charge is -2.06. The van der Waals surface area contributed by atoms with Crippen molar-refractivity contribution in [3.8, 4) is 0 Å². The normalized spacial score (nSPS) is 20.9. The Morgan fingerprint density at radius 1 is 1.54 bits per heavy atom. The van der Waals surface area contributed by atoms with Crippen LogP contribution in [0.4, 0.5) is 4.79 Å². The van der Waals surface area contributed by atoms with Gasteiger partial charge in [0.25, 0.3) is 0 Å². The molecular weight excluding hydrogens is 172 g/mol. The summed E-state index contributed by atoms with van der Waals surface area (Å²) in [5.74, 6) is -0.756. The Bertz CT molecular complexity index is 206. The Morgan fingerprint density at radius 2 is 2.31 bits per heavy atom. The second-order valence-corrected chi connectivity index (χ2v) is 3.19. The van der Waals surface area contributed by atoms with Crippen LogP contribution < -0.4 is 10.6 Å². The molecule has 74 valence electrons. The van der Waals surface area contributed by atoms with E-state index < -0.39 is 5.97 Å². The van der Waals surface area contributed by atoms with Crippen molar-refractivity contribution >= 4 is 12.0 Å². The van der Waals surface area contributed by atoms with Crippen LogP contribution in [0.1, 0.15) is 25.7 Å². The van der Waals surface area contributed by atoms with Gasteiger partial charge in [0.2, 0.25) is 0 Å². The van der Waals surface area contributed by atoms with Crippen LogP contribution in [0.15, 0.2) is 0 Å². The Hall–Kier alpha value is -1.26. The Morgan fingerprint density at radius 3 is 2.85 bits per heavy atom. The molecule has 0 bridgehead atoms. The fourth-order valence-corrected chi connectivity index (χ4v) is 1.34. The summed E-state index contributed by atoms with van der Waals surface area (Å²) in [6, 6.07) is 0.0597. The number of hydrogen-bond acceptors (Lipinski definition) is 2. The lowest BCUT2D eigenvalue weighted by atomic mass is 10.1. The first-order valence-corrected chi connectivity index (χ1v) is 4.44. The first-order chi connectivity index (χ1) is 6.18. The van der Waals surface area contributed by atoms with E-state index >= 15 is 0 Å². The van der Waals surface area contributed by atoms with E-state index in [1.807, 2.05) is 0 Å². The summed E-state index contributed by atoms with van der Waals surface area (Å²) >= 11 is 0. The summed E-state index contributed by atoms with van der Waals surface area (Å²) in [6.07, 6.45) is 2.60. The van der Waals surface area contributed by atoms with Crippen molar-refractivity contribution in [1.29, 1.82) is 0 Å². The van der Waals surface area contributed by atoms with E-state index in [9.17, 15) is 9.59 Å². The summed E-state index contributed by atoms with van der Waals surface area (Å²) in [6.45, 7) is 0.659. The summed E-state index contributed by atoms with van der Waals surface area (Å²) < 4.78 is 0. The lowest BCUT2D eigenvalue weighted by molar-refractivity contribution is -0.137. The molecule has 3 N–H and O–H groups in total. The molecule has 0 spiro atoms. The Labute approximate surface area is 76.5 Å². The van der Waals surface area contributed by atoms with Crippen molar-refractivity contribution in [2.75, 3.05) is 6.54 Å². The van der Waals surface area contributed by atoms with Crippen LogP contribution in [0.3, 0.4) is 0 Å². The van der Waals surface area contributed by atoms with E-state index in [2.05, 4.69) is 10.6 Å². The summed E-state index contributed by atoms with van der Waals surface area (Å²) in [5.41, 5.74) is 0. The van der Waals surface area contributed by atoms with Crippen LogP contribution in [-0.2, 0) is 4.79 Å². The van der Waals surface area contributed by atoms with Gasteiger partial charge in [0.1, 0.15) is 0 Å². The van der Waals surface area contributed by atoms with Gasteiger partial charge in [0, 0.05) is 19.0 Å². The zero-order valence-electron chi connectivity index (χ0n) is 7.38. The average molecular weight is 186 g/mol. The highest BCUT2D eigenvalue weighted by Crippen LogP contribution is 2.05. The molecule has 1 heterocycles. The number of urea groups is 1. The highest BCUT2D eigenvalue weighted by atomic mass is 16.4. The van der Waals surface area contributed by atoms with Gasteiger partial charge in [-0.25, -0.2) is 4.79 Å². The van der Waals surface area contributed by atoms with Crippen molar-refractivity contribution in [2.45, 2.75) is 31.7 Å². The molecule has 13 heavy (non-hydrogen) atoms. The third kappa shape index (κ3) is 3.78. The molecule has 0 aromatic rings. The van der Waals surface area contributed by atoms with E-state index in [0.717, 1.165) is 12.8 Å². The van der Waals surface area contributed by atoms with E-state index in [-0.39, 0.29) is 18.5 Å². The van der Waals surface area contributed by atoms with Gasteiger partial charge in [0.05, 0.1) is 0 Å². The molecule has 0 aliphatic carbocycles. The van der Waals surface area contributed by atoms with E-state index in [4.69, 9.17) is 5.11 Å². The second kappa shape index (κ2) is 4.69. The maximum atomic E-state index is 10.7. The number of hydrogen-bond donors (Lipinski definition) is 3. The molecule has 1 rings (SSSR count). The number of nitrogens with one attached hydrogen (secondary N) is 2. The first-order valence-electron chi connectivity index (χ1n) is 4.44. The fraction of sp³-hybridized carbons (Fsp3) is 0.750. The molecule has 1 atom stereocenters. The molecule has 1 aliphatic heterocycles. The minimum atomic E-state index is -0.756. The molecule has 0 aromatic heterocycles. The molecular formula is C8H14N2O3. The summed E-state index contributed by atoms with van der Waals surface area (Å²) in [7, 11) is 0. The van der Waals surface area contributed by atoms with Crippen molar-refractivity contribution < 1.29 is 14.7 Å². The van der Waals surface area contributed by atoms with Crippen LogP contribution in [0.25, 0.3) is 0 Å². The fourth-order valence-electron chi connectivity index (χ4n) is 1.34. The van der Waals surface area contributed by atoms with Gasteiger partial charge in [-0.1, -0.05) is 6.42 Å². The molecule has 5 heteroatoms. The first kappa shape index (κ1) is 9.83. The van der Waals surface area contributed by atoms with Gasteiger partial charge in [-0.15, -0.1) is 0 Å². The number of carboxylic acid groups (broad SMARTS) is 1. The predicted octanol–water partition coefficient (Wildman–Crippen LogP) is 0.313. The zero-order valence-corrected chi connectivity index (χ0v) is 7.38. The highest BCUT2D eigenvalue weighted by Gasteiger charge is 2.18. The van der Waals surface area contributed by atoms with E-state index in [0.29, 0.717) is 13.0 Å². The van der Waals surface area contributed by atoms with Crippen LogP contribution in [0.2, 0.25) is 0 Å². The monoisotopic (exact) mass is 186 g/mol. The number of carboxylic acids is 1. The number of carbonyl (C=O) groups excluding carboxylic acids is 1. The van der Waals surface area contributed by atoms with Crippen molar-refractivity contribution in [3.63, 3.8) is 0 Å². The van der Waals surface area contributed by atoms with E-state index in [1.165, 1.54) is 0 Å². The number of rotatable bonds is 5. The van der Waals surface area contributed by atoms with Gasteiger partial charge in [0.15, 0.2) is 0 Å². The van der Waals surface area contributed by atoms with Gasteiger partial charge in [-0.3, -0.25) is 4.79 Å². The van der Waals surface area contributed by atoms with Crippen LogP contribution >= 0.6 is 0 Å². The molecule has 2 amide bonds. The standard InChI is InChI=1S/C8H14N2O3/c11-7(12)4-2-1-3-6-5-9-8(13)10-6/h6H,1-5H2,(H,11,12)(H2,9,10,13). The van der Waals surface area contributed by atoms with Crippen molar-refractivity contribution in [1.82, 2.24) is 10.6 Å². The Kier molecular flexibility index (Phi) is 3.54. The maximum Gasteiger partial charge on any atom is 0.315 e. The molecule has 1 unspecified atom stereocenters. The molecule has 1 fully saturated rings. The van der Waals surface area contributed by atoms with Crippen molar-refractivity contribution in [2.24, 2.45) is 0 Å². The van der Waals surface area contributed by atoms with Crippen LogP contribution in [0, 0.1) is 0 Å². The van der Waals surface area contributed by atoms with Crippen molar-refractivity contribution in [3.05, 3.63) is 0 Å². The molecule has 0 radical (unpaired) electrons. The summed E-state index contributed by atoms with van der Waals surface area (Å²) in [4.78, 5) is 20.8. The Balaban J connectivity index is 2.00. The quantitative estimate of drug-likeness (QED) is 0.541. The molecule has 0 saturated carbocycles. The third-order valence-corrected chi connectivity index (χ3v) is 2.04. The highest BCUT2D eigenvalue weighted by molar-refractivity contribution is 5.76. The maximum absolute atomic E-state index is 10.7. The molecule has 1 aliphatic rings. The number of aliphatic carboxylic acids is 1.